The topological polar surface area (TPSA) is 53.0 Å². The van der Waals surface area contributed by atoms with E-state index >= 15 is 0 Å². The molecule has 0 unspecified atom stereocenters. The highest BCUT2D eigenvalue weighted by Crippen LogP contribution is 2.30. The van der Waals surface area contributed by atoms with E-state index in [1.54, 1.807) is 12.1 Å². The monoisotopic (exact) mass is 347 g/mol. The lowest BCUT2D eigenvalue weighted by Crippen LogP contribution is -2.48. The summed E-state index contributed by atoms with van der Waals surface area (Å²) in [6, 6.07) is 8.95. The van der Waals surface area contributed by atoms with Gasteiger partial charge in [-0.25, -0.2) is 4.79 Å². The minimum Gasteiger partial charge on any atom is -0.367 e. The maximum atomic E-state index is 12.3. The molecule has 1 saturated heterocycles. The molecule has 118 valence electrons. The molecule has 2 heterocycles. The Morgan fingerprint density at radius 2 is 2.00 bits per heavy atom. The molecule has 1 aliphatic heterocycles. The normalized spacial score (nSPS) is 14.5. The Bertz CT molecular complexity index is 749. The van der Waals surface area contributed by atoms with Gasteiger partial charge < -0.3 is 9.80 Å². The molecule has 1 aromatic carbocycles. The van der Waals surface area contributed by atoms with E-state index in [4.69, 9.17) is 11.6 Å². The maximum Gasteiger partial charge on any atom is 0.264 e. The van der Waals surface area contributed by atoms with Crippen LogP contribution in [0.3, 0.4) is 0 Å². The van der Waals surface area contributed by atoms with Crippen molar-refractivity contribution in [2.45, 2.75) is 0 Å². The van der Waals surface area contributed by atoms with Crippen LogP contribution in [-0.2, 0) is 4.79 Å². The second-order valence-electron chi connectivity index (χ2n) is 5.10. The van der Waals surface area contributed by atoms with Gasteiger partial charge in [-0.3, -0.25) is 4.79 Å². The van der Waals surface area contributed by atoms with Crippen LogP contribution in [0, 0.1) is 0 Å². The molecule has 1 fully saturated rings. The third-order valence-corrected chi connectivity index (χ3v) is 4.91. The molecule has 5 nitrogen and oxygen atoms in total. The summed E-state index contributed by atoms with van der Waals surface area (Å²) >= 11 is 7.73. The van der Waals surface area contributed by atoms with Gasteiger partial charge in [-0.2, -0.15) is 4.99 Å². The molecule has 0 spiro atoms. The minimum atomic E-state index is 0.0846. The number of nitrogens with zero attached hydrogens (tertiary/aromatic N) is 3. The number of amides is 1. The molecule has 0 radical (unpaired) electrons. The van der Waals surface area contributed by atoms with Crippen molar-refractivity contribution in [3.05, 3.63) is 45.6 Å². The van der Waals surface area contributed by atoms with Gasteiger partial charge in [0.15, 0.2) is 0 Å². The van der Waals surface area contributed by atoms with Gasteiger partial charge in [-0.15, -0.1) is 11.3 Å². The first-order chi connectivity index (χ1) is 11.2. The van der Waals surface area contributed by atoms with Crippen LogP contribution in [0.4, 0.5) is 11.4 Å². The third kappa shape index (κ3) is 3.45. The van der Waals surface area contributed by atoms with Gasteiger partial charge in [0.1, 0.15) is 0 Å². The summed E-state index contributed by atoms with van der Waals surface area (Å²) in [5, 5.41) is 2.45. The van der Waals surface area contributed by atoms with Crippen molar-refractivity contribution < 1.29 is 9.59 Å². The summed E-state index contributed by atoms with van der Waals surface area (Å²) in [6.07, 6.45) is 1.50. The number of piperazine rings is 1. The van der Waals surface area contributed by atoms with E-state index in [0.717, 1.165) is 10.6 Å². The van der Waals surface area contributed by atoms with Crippen LogP contribution >= 0.6 is 22.9 Å². The fraction of sp³-hybridized carbons (Fsp3) is 0.250. The van der Waals surface area contributed by atoms with Gasteiger partial charge in [-0.05, 0) is 29.6 Å². The van der Waals surface area contributed by atoms with E-state index in [2.05, 4.69) is 9.89 Å². The Balaban J connectivity index is 1.67. The van der Waals surface area contributed by atoms with Crippen molar-refractivity contribution in [3.8, 4) is 0 Å². The van der Waals surface area contributed by atoms with Crippen LogP contribution in [0.25, 0.3) is 0 Å². The second-order valence-corrected chi connectivity index (χ2v) is 6.45. The fourth-order valence-electron chi connectivity index (χ4n) is 2.58. The number of benzene rings is 1. The standard InChI is InChI=1S/C16H14ClN3O2S/c17-13-10-12(18-11-21)3-4-14(13)19-5-7-20(8-6-19)16(22)15-2-1-9-23-15/h1-4,9-10H,5-8H2. The highest BCUT2D eigenvalue weighted by atomic mass is 35.5. The lowest BCUT2D eigenvalue weighted by molar-refractivity contribution is 0.0751. The molecule has 1 aliphatic rings. The van der Waals surface area contributed by atoms with Crippen molar-refractivity contribution in [1.29, 1.82) is 0 Å². The molecule has 1 aromatic heterocycles. The molecule has 1 amide bonds. The van der Waals surface area contributed by atoms with Crippen LogP contribution in [-0.4, -0.2) is 43.1 Å². The van der Waals surface area contributed by atoms with Crippen molar-refractivity contribution in [2.75, 3.05) is 31.1 Å². The van der Waals surface area contributed by atoms with E-state index in [1.165, 1.54) is 17.4 Å². The van der Waals surface area contributed by atoms with Crippen LogP contribution < -0.4 is 4.90 Å². The first-order valence-electron chi connectivity index (χ1n) is 7.14. The van der Waals surface area contributed by atoms with Crippen LogP contribution in [0.15, 0.2) is 40.7 Å². The zero-order valence-electron chi connectivity index (χ0n) is 12.2. The summed E-state index contributed by atoms with van der Waals surface area (Å²) in [6.45, 7) is 2.74. The maximum absolute atomic E-state index is 12.3. The fourth-order valence-corrected chi connectivity index (χ4v) is 3.57. The summed E-state index contributed by atoms with van der Waals surface area (Å²) < 4.78 is 0. The number of isocyanates is 1. The number of aliphatic imine (C=N–C) groups is 1. The first kappa shape index (κ1) is 15.7. The van der Waals surface area contributed by atoms with Crippen molar-refractivity contribution in [3.63, 3.8) is 0 Å². The van der Waals surface area contributed by atoms with E-state index in [-0.39, 0.29) is 5.91 Å². The average molecular weight is 348 g/mol. The van der Waals surface area contributed by atoms with Gasteiger partial charge in [0.25, 0.3) is 5.91 Å². The highest BCUT2D eigenvalue weighted by Gasteiger charge is 2.23. The van der Waals surface area contributed by atoms with Gasteiger partial charge >= 0.3 is 0 Å². The molecule has 2 aromatic rings. The van der Waals surface area contributed by atoms with Gasteiger partial charge in [0.05, 0.1) is 21.3 Å². The van der Waals surface area contributed by atoms with E-state index in [0.29, 0.717) is 36.9 Å². The van der Waals surface area contributed by atoms with Gasteiger partial charge in [0.2, 0.25) is 6.08 Å². The summed E-state index contributed by atoms with van der Waals surface area (Å²) in [5.74, 6) is 0.0846. The predicted octanol–water partition coefficient (Wildman–Crippen LogP) is 3.33. The average Bonchev–Trinajstić information content (AvgIpc) is 3.09. The first-order valence-corrected chi connectivity index (χ1v) is 8.40. The number of hydrogen-bond donors (Lipinski definition) is 0. The molecule has 0 bridgehead atoms. The van der Waals surface area contributed by atoms with Crippen LogP contribution in [0.1, 0.15) is 9.67 Å². The highest BCUT2D eigenvalue weighted by molar-refractivity contribution is 7.12. The molecular formula is C16H14ClN3O2S. The number of carbonyl (C=O) groups is 1. The SMILES string of the molecule is O=C=Nc1ccc(N2CCN(C(=O)c3cccs3)CC2)c(Cl)c1. The Labute approximate surface area is 142 Å². The lowest BCUT2D eigenvalue weighted by atomic mass is 10.2. The van der Waals surface area contributed by atoms with Crippen LogP contribution in [0.2, 0.25) is 5.02 Å². The minimum absolute atomic E-state index is 0.0846. The number of anilines is 1. The lowest BCUT2D eigenvalue weighted by Gasteiger charge is -2.36. The zero-order chi connectivity index (χ0) is 16.2. The Morgan fingerprint density at radius 3 is 2.61 bits per heavy atom. The number of halogens is 1. The zero-order valence-corrected chi connectivity index (χ0v) is 13.8. The molecular weight excluding hydrogens is 334 g/mol. The molecule has 23 heavy (non-hydrogen) atoms. The molecule has 0 N–H and O–H groups in total. The molecule has 0 atom stereocenters. The molecule has 0 aliphatic carbocycles. The summed E-state index contributed by atoms with van der Waals surface area (Å²) in [7, 11) is 0. The Morgan fingerprint density at radius 1 is 1.22 bits per heavy atom. The van der Waals surface area contributed by atoms with Gasteiger partial charge in [-0.1, -0.05) is 17.7 Å². The van der Waals surface area contributed by atoms with Crippen molar-refractivity contribution in [1.82, 2.24) is 4.90 Å². The molecule has 3 rings (SSSR count). The Hall–Kier alpha value is -2.14. The number of rotatable bonds is 3. The Kier molecular flexibility index (Phi) is 4.76. The summed E-state index contributed by atoms with van der Waals surface area (Å²) in [4.78, 5) is 30.9. The summed E-state index contributed by atoms with van der Waals surface area (Å²) in [5.41, 5.74) is 1.37. The largest absolute Gasteiger partial charge is 0.367 e. The second kappa shape index (κ2) is 6.96. The quantitative estimate of drug-likeness (QED) is 0.632. The number of hydrogen-bond acceptors (Lipinski definition) is 5. The molecule has 7 heteroatoms. The predicted molar refractivity (Wildman–Crippen MR) is 91.7 cm³/mol. The van der Waals surface area contributed by atoms with E-state index in [1.807, 2.05) is 28.5 Å². The van der Waals surface area contributed by atoms with Crippen molar-refractivity contribution >= 4 is 46.3 Å². The van der Waals surface area contributed by atoms with Crippen molar-refractivity contribution in [2.24, 2.45) is 4.99 Å². The van der Waals surface area contributed by atoms with E-state index in [9.17, 15) is 9.59 Å². The third-order valence-electron chi connectivity index (χ3n) is 3.75. The number of thiophene rings is 1. The van der Waals surface area contributed by atoms with Gasteiger partial charge in [0, 0.05) is 26.2 Å². The number of carbonyl (C=O) groups excluding carboxylic acids is 2. The van der Waals surface area contributed by atoms with Crippen LogP contribution in [0.5, 0.6) is 0 Å². The smallest absolute Gasteiger partial charge is 0.264 e. The molecule has 0 saturated carbocycles. The van der Waals surface area contributed by atoms with E-state index < -0.39 is 0 Å².